The Labute approximate surface area is 107 Å². The van der Waals surface area contributed by atoms with Crippen molar-refractivity contribution in [3.63, 3.8) is 0 Å². The molecule has 0 spiro atoms. The molecule has 0 aromatic heterocycles. The minimum atomic E-state index is -1.11. The third kappa shape index (κ3) is 1.97. The quantitative estimate of drug-likeness (QED) is 0.709. The number of methoxy groups -OCH3 is 1. The van der Waals surface area contributed by atoms with Crippen LogP contribution in [-0.2, 0) is 18.9 Å². The van der Waals surface area contributed by atoms with Crippen LogP contribution in [0, 0.1) is 0 Å². The van der Waals surface area contributed by atoms with Crippen LogP contribution < -0.4 is 0 Å². The Morgan fingerprint density at radius 3 is 2.50 bits per heavy atom. The summed E-state index contributed by atoms with van der Waals surface area (Å²) in [6.45, 7) is 5.25. The number of fused-ring (bicyclic) bond motifs is 1. The topological polar surface area (TPSA) is 77.4 Å². The molecule has 2 aliphatic heterocycles. The minimum absolute atomic E-state index is 0.203. The van der Waals surface area contributed by atoms with Gasteiger partial charge in [0.05, 0.1) is 19.3 Å². The monoisotopic (exact) mass is 262 g/mol. The lowest BCUT2D eigenvalue weighted by atomic mass is 9.90. The number of hydrogen-bond donors (Lipinski definition) is 2. The van der Waals surface area contributed by atoms with Gasteiger partial charge >= 0.3 is 0 Å². The van der Waals surface area contributed by atoms with Gasteiger partial charge in [0.25, 0.3) is 0 Å². The summed E-state index contributed by atoms with van der Waals surface area (Å²) in [4.78, 5) is 0. The van der Waals surface area contributed by atoms with Crippen LogP contribution in [0.25, 0.3) is 0 Å². The molecule has 2 rings (SSSR count). The normalized spacial score (nSPS) is 53.0. The summed E-state index contributed by atoms with van der Waals surface area (Å²) in [6, 6.07) is 0. The van der Waals surface area contributed by atoms with Gasteiger partial charge in [0.1, 0.15) is 23.9 Å². The standard InChI is InChI=1S/C12H22O6/c1-7-9-10(8(14)5-16-7)18-12(3,15-4)11(2,6-13)17-9/h7-10,13-14H,5-6H2,1-4H3/t7-,8+,9+,10+,11+,12-/m0/s1. The van der Waals surface area contributed by atoms with Crippen molar-refractivity contribution in [1.29, 1.82) is 0 Å². The van der Waals surface area contributed by atoms with Crippen molar-refractivity contribution in [1.82, 2.24) is 0 Å². The van der Waals surface area contributed by atoms with Crippen LogP contribution >= 0.6 is 0 Å². The zero-order valence-electron chi connectivity index (χ0n) is 11.3. The van der Waals surface area contributed by atoms with E-state index in [0.717, 1.165) is 0 Å². The molecular formula is C12H22O6. The van der Waals surface area contributed by atoms with Crippen molar-refractivity contribution in [2.45, 2.75) is 56.6 Å². The van der Waals surface area contributed by atoms with Gasteiger partial charge in [0.2, 0.25) is 0 Å². The van der Waals surface area contributed by atoms with E-state index in [4.69, 9.17) is 18.9 Å². The highest BCUT2D eigenvalue weighted by molar-refractivity contribution is 5.01. The Balaban J connectivity index is 2.29. The fraction of sp³-hybridized carbons (Fsp3) is 1.00. The predicted octanol–water partition coefficient (Wildman–Crippen LogP) is -0.336. The molecule has 0 amide bonds. The summed E-state index contributed by atoms with van der Waals surface area (Å²) < 4.78 is 22.6. The lowest BCUT2D eigenvalue weighted by Crippen LogP contribution is -2.71. The van der Waals surface area contributed by atoms with Gasteiger partial charge < -0.3 is 29.2 Å². The Kier molecular flexibility index (Phi) is 3.70. The summed E-state index contributed by atoms with van der Waals surface area (Å²) in [7, 11) is 1.49. The van der Waals surface area contributed by atoms with Crippen molar-refractivity contribution in [2.24, 2.45) is 0 Å². The summed E-state index contributed by atoms with van der Waals surface area (Å²) in [5.74, 6) is -1.11. The van der Waals surface area contributed by atoms with Crippen molar-refractivity contribution < 1.29 is 29.2 Å². The molecule has 6 atom stereocenters. The first-order valence-electron chi connectivity index (χ1n) is 6.18. The van der Waals surface area contributed by atoms with E-state index < -0.39 is 29.7 Å². The van der Waals surface area contributed by atoms with E-state index in [1.807, 2.05) is 6.92 Å². The van der Waals surface area contributed by atoms with E-state index in [9.17, 15) is 10.2 Å². The second kappa shape index (κ2) is 4.70. The van der Waals surface area contributed by atoms with Gasteiger partial charge in [0.15, 0.2) is 5.79 Å². The van der Waals surface area contributed by atoms with Crippen molar-refractivity contribution in [3.8, 4) is 0 Å². The lowest BCUT2D eigenvalue weighted by molar-refractivity contribution is -0.418. The van der Waals surface area contributed by atoms with Crippen LogP contribution in [0.1, 0.15) is 20.8 Å². The minimum Gasteiger partial charge on any atom is -0.393 e. The van der Waals surface area contributed by atoms with Crippen LogP contribution in [-0.4, -0.2) is 66.3 Å². The van der Waals surface area contributed by atoms with E-state index in [1.165, 1.54) is 7.11 Å². The van der Waals surface area contributed by atoms with Gasteiger partial charge in [-0.2, -0.15) is 0 Å². The molecule has 0 aromatic rings. The van der Waals surface area contributed by atoms with Crippen LogP contribution in [0.5, 0.6) is 0 Å². The molecule has 0 radical (unpaired) electrons. The zero-order valence-corrected chi connectivity index (χ0v) is 11.3. The maximum Gasteiger partial charge on any atom is 0.196 e. The first kappa shape index (κ1) is 14.2. The van der Waals surface area contributed by atoms with Crippen LogP contribution in [0.15, 0.2) is 0 Å². The molecule has 2 N–H and O–H groups in total. The van der Waals surface area contributed by atoms with Gasteiger partial charge in [-0.15, -0.1) is 0 Å². The first-order valence-corrected chi connectivity index (χ1v) is 6.18. The second-order valence-electron chi connectivity index (χ2n) is 5.31. The van der Waals surface area contributed by atoms with Gasteiger partial charge in [-0.05, 0) is 20.8 Å². The molecule has 2 fully saturated rings. The van der Waals surface area contributed by atoms with Crippen LogP contribution in [0.3, 0.4) is 0 Å². The van der Waals surface area contributed by atoms with Crippen molar-refractivity contribution in [2.75, 3.05) is 20.3 Å². The third-order valence-corrected chi connectivity index (χ3v) is 4.10. The Bertz CT molecular complexity index is 281. The number of hydrogen-bond acceptors (Lipinski definition) is 6. The average Bonchev–Trinajstić information content (AvgIpc) is 2.36. The molecule has 0 bridgehead atoms. The van der Waals surface area contributed by atoms with Crippen LogP contribution in [0.2, 0.25) is 0 Å². The Morgan fingerprint density at radius 1 is 1.28 bits per heavy atom. The summed E-state index contributed by atoms with van der Waals surface area (Å²) >= 11 is 0. The number of ether oxygens (including phenoxy) is 4. The zero-order chi connectivity index (χ0) is 13.6. The summed E-state index contributed by atoms with van der Waals surface area (Å²) in [5, 5.41) is 19.5. The molecule has 0 unspecified atom stereocenters. The van der Waals surface area contributed by atoms with Gasteiger partial charge in [-0.1, -0.05) is 0 Å². The lowest BCUT2D eigenvalue weighted by Gasteiger charge is -2.55. The molecule has 2 heterocycles. The smallest absolute Gasteiger partial charge is 0.196 e. The molecule has 2 saturated heterocycles. The fourth-order valence-electron chi connectivity index (χ4n) is 2.47. The van der Waals surface area contributed by atoms with Crippen molar-refractivity contribution >= 4 is 0 Å². The number of rotatable bonds is 2. The Morgan fingerprint density at radius 2 is 1.94 bits per heavy atom. The van der Waals surface area contributed by atoms with Gasteiger partial charge in [-0.25, -0.2) is 0 Å². The maximum atomic E-state index is 9.94. The second-order valence-corrected chi connectivity index (χ2v) is 5.31. The van der Waals surface area contributed by atoms with E-state index in [2.05, 4.69) is 0 Å². The van der Waals surface area contributed by atoms with E-state index in [-0.39, 0.29) is 19.3 Å². The fourth-order valence-corrected chi connectivity index (χ4v) is 2.47. The van der Waals surface area contributed by atoms with E-state index in [0.29, 0.717) is 0 Å². The Hall–Kier alpha value is -0.240. The molecule has 0 aromatic carbocycles. The maximum absolute atomic E-state index is 9.94. The molecule has 18 heavy (non-hydrogen) atoms. The SMILES string of the molecule is CO[C@@]1(C)O[C@H]2[C@H](O[C@]1(C)CO)[C@H](C)OC[C@H]2O. The summed E-state index contributed by atoms with van der Waals surface area (Å²) in [6.07, 6.45) is -1.90. The van der Waals surface area contributed by atoms with E-state index in [1.54, 1.807) is 13.8 Å². The largest absolute Gasteiger partial charge is 0.393 e. The number of aliphatic hydroxyl groups is 2. The van der Waals surface area contributed by atoms with Crippen molar-refractivity contribution in [3.05, 3.63) is 0 Å². The molecule has 6 nitrogen and oxygen atoms in total. The predicted molar refractivity (Wildman–Crippen MR) is 62.1 cm³/mol. The highest BCUT2D eigenvalue weighted by Gasteiger charge is 2.59. The average molecular weight is 262 g/mol. The van der Waals surface area contributed by atoms with E-state index >= 15 is 0 Å². The first-order chi connectivity index (χ1) is 8.37. The van der Waals surface area contributed by atoms with Gasteiger partial charge in [0, 0.05) is 7.11 Å². The molecule has 0 saturated carbocycles. The number of aliphatic hydroxyl groups excluding tert-OH is 2. The molecule has 6 heteroatoms. The summed E-state index contributed by atoms with van der Waals surface area (Å²) in [5.41, 5.74) is -1.00. The van der Waals surface area contributed by atoms with Gasteiger partial charge in [-0.3, -0.25) is 0 Å². The molecule has 2 aliphatic rings. The molecular weight excluding hydrogens is 240 g/mol. The highest BCUT2D eigenvalue weighted by Crippen LogP contribution is 2.41. The van der Waals surface area contributed by atoms with Crippen LogP contribution in [0.4, 0.5) is 0 Å². The molecule has 106 valence electrons. The molecule has 0 aliphatic carbocycles. The highest BCUT2D eigenvalue weighted by atomic mass is 16.8. The third-order valence-electron chi connectivity index (χ3n) is 4.10.